The zero-order valence-electron chi connectivity index (χ0n) is 78.6. The van der Waals surface area contributed by atoms with Crippen LogP contribution in [-0.4, -0.2) is 176 Å². The van der Waals surface area contributed by atoms with Gasteiger partial charge in [0.2, 0.25) is 11.8 Å². The van der Waals surface area contributed by atoms with Crippen LogP contribution in [0.2, 0.25) is 0 Å². The number of amides is 4. The third-order valence-corrected chi connectivity index (χ3v) is 18.5. The number of anilines is 1. The number of ether oxygens (including phenoxy) is 6. The molecule has 12 rings (SSSR count). The summed E-state index contributed by atoms with van der Waals surface area (Å²) in [5, 5.41) is 75.5. The molecule has 17 N–H and O–H groups in total. The number of nitrogens with zero attached hydrogens (tertiary/aromatic N) is 7. The second-order valence-electron chi connectivity index (χ2n) is 32.4. The Hall–Kier alpha value is -15.5. The quantitative estimate of drug-likeness (QED) is 0.0106. The number of alkyl carbamates (subject to hydrolysis) is 2. The van der Waals surface area contributed by atoms with Gasteiger partial charge in [-0.3, -0.25) is 38.9 Å². The van der Waals surface area contributed by atoms with Crippen molar-refractivity contribution in [3.63, 3.8) is 0 Å². The lowest BCUT2D eigenvalue weighted by atomic mass is 10.0. The van der Waals surface area contributed by atoms with Crippen LogP contribution in [0.25, 0.3) is 45.0 Å². The molecule has 0 fully saturated rings. The first-order valence-corrected chi connectivity index (χ1v) is 43.3. The third kappa shape index (κ3) is 43.7. The number of ketones is 3. The van der Waals surface area contributed by atoms with Crippen molar-refractivity contribution < 1.29 is 120 Å². The van der Waals surface area contributed by atoms with Crippen molar-refractivity contribution in [1.29, 1.82) is 5.53 Å². The highest BCUT2D eigenvalue weighted by Crippen LogP contribution is 2.32. The number of primary amides is 1. The molecule has 41 heteroatoms. The van der Waals surface area contributed by atoms with Gasteiger partial charge >= 0.3 is 18.2 Å². The summed E-state index contributed by atoms with van der Waals surface area (Å²) < 4.78 is 87.2. The van der Waals surface area contributed by atoms with Crippen LogP contribution in [0.5, 0.6) is 46.0 Å². The van der Waals surface area contributed by atoms with Gasteiger partial charge < -0.3 is 97.3 Å². The number of carbonyl (C=O) groups excluding carboxylic acids is 7. The average Bonchev–Trinajstić information content (AvgIpc) is 0.843. The number of carboxylic acids is 1. The standard InChI is InChI=1S/C27H29FN2O5.C24H23FN2O5.C22H21FN2O3.C17H13FN2O.C9H17NO5.C2H5NO2.ClHN4.ClH/c1-17(31)25(30-26(33)35-27(2,3)4)24(32)16-20-6-5-7-23(29-20)18-8-12-21(13-9-18)34-22-14-10-19(28)11-15-22;1-15(29)24(27-23(31)14-28)22(30)13-18-3-2-4-21(26-18)16-5-9-19(10-6-16)32-20-11-7-17(25)8-12-20;1-14(26)22(24)21(27)13-17-3-2-4-20(25-17)15-5-9-18(10-6-15)28-19-11-7-16(23)8-12-19;18-13-6-10-15(11-7-13)21-14-8-4-12(5-9-14)16-2-1-3-17(19)20-16;1-5(11)6(7(12)13)10-8(14)15-9(2,3)4;3-2(5)1-4;1-3-5-4-2;/h5-15,17,25,31H,16H2,1-4H3,(H,30,33);2-12,15,24,28-29H,13-14H2,1H3,(H,27,31);2-12,14,22,26H,13,24H2,1H3;1-11H,(H2,19,20);5-6,11H,1-4H3,(H,10,14)(H,12,13);4H,1H2,(H2,3,5);2H;1H/t17?,25-;15?,24-;14?,22-;;5?,6-;;;/m000.0.../s1. The van der Waals surface area contributed by atoms with E-state index in [2.05, 4.69) is 68.5 Å². The van der Waals surface area contributed by atoms with Gasteiger partial charge in [0.05, 0.1) is 84.3 Å². The van der Waals surface area contributed by atoms with E-state index >= 15 is 0 Å². The Labute approximate surface area is 826 Å². The normalized spacial score (nSPS) is 12.3. The van der Waals surface area contributed by atoms with Gasteiger partial charge in [-0.25, -0.2) is 36.9 Å². The molecule has 0 aliphatic heterocycles. The highest BCUT2D eigenvalue weighted by Gasteiger charge is 2.31. The summed E-state index contributed by atoms with van der Waals surface area (Å²) in [5.74, 6) is 0.00381. The molecule has 4 aromatic heterocycles. The summed E-state index contributed by atoms with van der Waals surface area (Å²) >= 11 is 4.55. The van der Waals surface area contributed by atoms with Gasteiger partial charge in [-0.2, -0.15) is 5.53 Å². The maximum Gasteiger partial charge on any atom is 0.408 e. The SMILES string of the molecule is CC(O)[C@H](N)C(=O)Cc1cccc(-c2ccc(Oc3ccc(F)cc3)cc2)n1.CC(O)[C@H](NC(=O)CO)C(=O)Cc1cccc(-c2ccc(Oc3ccc(F)cc3)cc2)n1.CC(O)[C@H](NC(=O)OC(C)(C)C)C(=O)Cc1cccc(-c2ccc(Oc3ccc(F)cc3)cc2)n1.CC(O)[C@H](NC(=O)OC(C)(C)C)C(=O)O.Cl.N=NN=NCl.NC(=O)CO.Nc1cccc(-c2ccc(Oc3ccc(F)cc3)cc2)n1. The van der Waals surface area contributed by atoms with E-state index < -0.39 is 115 Å². The molecule has 752 valence electrons. The number of aliphatic hydroxyl groups excluding tert-OH is 6. The number of nitrogen functional groups attached to an aromatic ring is 1. The molecule has 35 nitrogen and oxygen atoms in total. The van der Waals surface area contributed by atoms with Gasteiger partial charge in [0.15, 0.2) is 23.4 Å². The first kappa shape index (κ1) is 117. The molecule has 142 heavy (non-hydrogen) atoms. The van der Waals surface area contributed by atoms with Gasteiger partial charge in [0.25, 0.3) is 0 Å². The van der Waals surface area contributed by atoms with E-state index in [1.165, 1.54) is 88.4 Å². The molecule has 0 spiro atoms. The lowest BCUT2D eigenvalue weighted by molar-refractivity contribution is -0.142. The van der Waals surface area contributed by atoms with Crippen molar-refractivity contribution in [3.8, 4) is 91.0 Å². The predicted molar refractivity (Wildman–Crippen MR) is 522 cm³/mol. The minimum atomic E-state index is -1.36. The van der Waals surface area contributed by atoms with E-state index in [-0.39, 0.29) is 60.7 Å². The summed E-state index contributed by atoms with van der Waals surface area (Å²) in [4.78, 5) is 110. The van der Waals surface area contributed by atoms with Gasteiger partial charge in [-0.05, 0) is 322 Å². The molecule has 8 aromatic carbocycles. The number of benzene rings is 8. The highest BCUT2D eigenvalue weighted by atomic mass is 35.5. The summed E-state index contributed by atoms with van der Waals surface area (Å²) in [6, 6.07) is 69.2. The molecule has 0 aliphatic carbocycles. The van der Waals surface area contributed by atoms with Crippen molar-refractivity contribution in [2.75, 3.05) is 18.9 Å². The minimum Gasteiger partial charge on any atom is -0.480 e. The van der Waals surface area contributed by atoms with E-state index in [0.717, 1.165) is 27.9 Å². The molecular weight excluding hydrogens is 1890 g/mol. The summed E-state index contributed by atoms with van der Waals surface area (Å²) in [5.41, 5.74) is 28.0. The van der Waals surface area contributed by atoms with E-state index in [1.54, 1.807) is 157 Å². The molecule has 12 aromatic rings. The Kier molecular flexibility index (Phi) is 48.7. The Morgan fingerprint density at radius 2 is 0.648 bits per heavy atom. The largest absolute Gasteiger partial charge is 0.480 e. The average molecular weight is 2000 g/mol. The van der Waals surface area contributed by atoms with E-state index in [9.17, 15) is 71.2 Å². The second kappa shape index (κ2) is 59.1. The number of nitrogens with two attached hydrogens (primary N) is 3. The maximum absolute atomic E-state index is 13.1. The first-order valence-electron chi connectivity index (χ1n) is 43.0. The van der Waals surface area contributed by atoms with Crippen LogP contribution >= 0.6 is 24.2 Å². The van der Waals surface area contributed by atoms with Crippen LogP contribution < -0.4 is 52.1 Å². The number of carbonyl (C=O) groups is 8. The molecule has 4 heterocycles. The number of carboxylic acid groups (broad SMARTS) is 1. The predicted octanol–water partition coefficient (Wildman–Crippen LogP) is 16.2. The van der Waals surface area contributed by atoms with Crippen molar-refractivity contribution in [3.05, 3.63) is 307 Å². The number of halogens is 6. The van der Waals surface area contributed by atoms with E-state index in [4.69, 9.17) is 65.8 Å². The minimum absolute atomic E-state index is 0. The fourth-order valence-corrected chi connectivity index (χ4v) is 11.8. The van der Waals surface area contributed by atoms with Gasteiger partial charge in [-0.1, -0.05) is 28.9 Å². The number of aromatic nitrogens is 4. The first-order chi connectivity index (χ1) is 66.8. The lowest BCUT2D eigenvalue weighted by Gasteiger charge is -2.24. The summed E-state index contributed by atoms with van der Waals surface area (Å²) in [7, 11) is 0. The summed E-state index contributed by atoms with van der Waals surface area (Å²) in [6.07, 6.45) is -6.06. The lowest BCUT2D eigenvalue weighted by Crippen LogP contribution is -2.49. The van der Waals surface area contributed by atoms with Crippen LogP contribution in [0.1, 0.15) is 86.3 Å². The topological polar surface area (TPSA) is 560 Å². The number of aliphatic hydroxyl groups is 6. The number of rotatable bonds is 32. The smallest absolute Gasteiger partial charge is 0.408 e. The molecule has 0 saturated heterocycles. The van der Waals surface area contributed by atoms with Gasteiger partial charge in [0.1, 0.15) is 112 Å². The molecule has 8 atom stereocenters. The van der Waals surface area contributed by atoms with Gasteiger partial charge in [0, 0.05) is 39.3 Å². The number of hydrogen-bond acceptors (Lipinski definition) is 28. The van der Waals surface area contributed by atoms with Crippen molar-refractivity contribution in [1.82, 2.24) is 35.9 Å². The van der Waals surface area contributed by atoms with Crippen molar-refractivity contribution in [2.24, 2.45) is 26.5 Å². The molecule has 0 saturated carbocycles. The maximum atomic E-state index is 13.1. The Morgan fingerprint density at radius 3 is 0.873 bits per heavy atom. The number of nitrogens with one attached hydrogen (secondary N) is 4. The van der Waals surface area contributed by atoms with Crippen LogP contribution in [-0.2, 0) is 57.5 Å². The zero-order chi connectivity index (χ0) is 104. The molecule has 4 amide bonds. The number of Topliss-reactive ketones (excluding diaryl/α,β-unsaturated/α-hetero) is 3. The molecular formula is C101H110Cl2F4N14O21. The fraction of sp³-hybridized carbons (Fsp3) is 0.248. The Balaban J connectivity index is 0.000000311. The highest BCUT2D eigenvalue weighted by molar-refractivity contribution is 6.13. The molecule has 4 unspecified atom stereocenters. The van der Waals surface area contributed by atoms with E-state index in [0.29, 0.717) is 86.0 Å². The van der Waals surface area contributed by atoms with Crippen molar-refractivity contribution in [2.45, 2.75) is 148 Å². The second-order valence-corrected chi connectivity index (χ2v) is 32.6. The van der Waals surface area contributed by atoms with Crippen LogP contribution in [0.15, 0.2) is 282 Å². The number of pyridine rings is 4. The molecule has 0 aliphatic rings. The number of hydrogen-bond donors (Lipinski definition) is 14. The molecule has 0 bridgehead atoms. The Bertz CT molecular complexity index is 6040. The van der Waals surface area contributed by atoms with Gasteiger partial charge in [-0.15, -0.1) is 12.4 Å². The van der Waals surface area contributed by atoms with Crippen LogP contribution in [0.3, 0.4) is 0 Å². The molecule has 0 radical (unpaired) electrons. The van der Waals surface area contributed by atoms with Crippen LogP contribution in [0, 0.1) is 28.8 Å². The van der Waals surface area contributed by atoms with Crippen molar-refractivity contribution >= 4 is 77.3 Å². The monoisotopic (exact) mass is 2000 g/mol. The fourth-order valence-electron chi connectivity index (χ4n) is 11.7. The third-order valence-electron chi connectivity index (χ3n) is 18.4. The number of aliphatic carboxylic acids is 1. The Morgan fingerprint density at radius 1 is 0.394 bits per heavy atom. The zero-order valence-corrected chi connectivity index (χ0v) is 80.1. The summed E-state index contributed by atoms with van der Waals surface area (Å²) in [6.45, 7) is 14.4. The van der Waals surface area contributed by atoms with E-state index in [1.807, 2.05) is 91.0 Å². The van der Waals surface area contributed by atoms with Crippen LogP contribution in [0.4, 0.5) is 33.0 Å².